The Labute approximate surface area is 120 Å². The molecule has 104 valence electrons. The molecule has 2 N–H and O–H groups in total. The second-order valence-electron chi connectivity index (χ2n) is 5.20. The summed E-state index contributed by atoms with van der Waals surface area (Å²) in [6.07, 6.45) is 5.15. The van der Waals surface area contributed by atoms with Crippen LogP contribution in [0.15, 0.2) is 24.3 Å². The molecular weight excluding hydrogens is 256 g/mol. The van der Waals surface area contributed by atoms with Crippen molar-refractivity contribution >= 4 is 23.0 Å². The molecule has 3 nitrogen and oxygen atoms in total. The van der Waals surface area contributed by atoms with Crippen LogP contribution in [-0.4, -0.2) is 18.3 Å². The first-order valence-corrected chi connectivity index (χ1v) is 7.31. The van der Waals surface area contributed by atoms with Crippen LogP contribution in [0.25, 0.3) is 0 Å². The van der Waals surface area contributed by atoms with E-state index in [-0.39, 0.29) is 0 Å². The molecule has 1 saturated carbocycles. The summed E-state index contributed by atoms with van der Waals surface area (Å²) >= 11 is 5.38. The molecule has 1 aromatic rings. The average molecular weight is 278 g/mol. The monoisotopic (exact) mass is 278 g/mol. The first-order chi connectivity index (χ1) is 9.19. The number of benzene rings is 1. The van der Waals surface area contributed by atoms with Crippen LogP contribution in [0, 0.1) is 5.92 Å². The number of thiocarbonyl (C=S) groups is 1. The van der Waals surface area contributed by atoms with Gasteiger partial charge in [0.05, 0.1) is 7.11 Å². The summed E-state index contributed by atoms with van der Waals surface area (Å²) < 4.78 is 5.13. The lowest BCUT2D eigenvalue weighted by Gasteiger charge is -2.30. The van der Waals surface area contributed by atoms with Gasteiger partial charge in [-0.2, -0.15) is 0 Å². The van der Waals surface area contributed by atoms with Gasteiger partial charge in [-0.3, -0.25) is 0 Å². The van der Waals surface area contributed by atoms with E-state index in [1.807, 2.05) is 24.3 Å². The Morgan fingerprint density at radius 1 is 1.21 bits per heavy atom. The van der Waals surface area contributed by atoms with E-state index in [1.165, 1.54) is 25.7 Å². The van der Waals surface area contributed by atoms with Crippen LogP contribution in [0.4, 0.5) is 5.69 Å². The van der Waals surface area contributed by atoms with Gasteiger partial charge in [0.15, 0.2) is 5.11 Å². The van der Waals surface area contributed by atoms with Gasteiger partial charge in [-0.1, -0.05) is 19.8 Å². The highest BCUT2D eigenvalue weighted by Gasteiger charge is 2.21. The zero-order chi connectivity index (χ0) is 13.7. The fraction of sp³-hybridized carbons (Fsp3) is 0.533. The second kappa shape index (κ2) is 6.75. The molecule has 0 aromatic heterocycles. The van der Waals surface area contributed by atoms with Gasteiger partial charge in [0.1, 0.15) is 5.75 Å². The van der Waals surface area contributed by atoms with Crippen molar-refractivity contribution in [1.82, 2.24) is 5.32 Å². The quantitative estimate of drug-likeness (QED) is 0.828. The molecule has 2 rings (SSSR count). The normalized spacial score (nSPS) is 22.6. The smallest absolute Gasteiger partial charge is 0.171 e. The highest BCUT2D eigenvalue weighted by atomic mass is 32.1. The molecule has 19 heavy (non-hydrogen) atoms. The van der Waals surface area contributed by atoms with E-state index in [2.05, 4.69) is 17.6 Å². The Morgan fingerprint density at radius 2 is 1.89 bits per heavy atom. The van der Waals surface area contributed by atoms with E-state index in [9.17, 15) is 0 Å². The Balaban J connectivity index is 1.86. The molecule has 0 spiro atoms. The summed E-state index contributed by atoms with van der Waals surface area (Å²) in [4.78, 5) is 0. The van der Waals surface area contributed by atoms with Crippen LogP contribution < -0.4 is 15.4 Å². The lowest BCUT2D eigenvalue weighted by atomic mass is 9.86. The first kappa shape index (κ1) is 14.1. The summed E-state index contributed by atoms with van der Waals surface area (Å²) in [5, 5.41) is 7.37. The Kier molecular flexibility index (Phi) is 5.02. The molecule has 1 fully saturated rings. The van der Waals surface area contributed by atoms with Crippen LogP contribution in [0.1, 0.15) is 32.6 Å². The molecule has 1 aliphatic rings. The van der Waals surface area contributed by atoms with Crippen molar-refractivity contribution in [3.8, 4) is 5.75 Å². The SMILES string of the molecule is COc1ccc(NC(=S)N[C@@H]2CCCC[C@@H]2C)cc1. The number of rotatable bonds is 3. The minimum Gasteiger partial charge on any atom is -0.497 e. The van der Waals surface area contributed by atoms with E-state index in [4.69, 9.17) is 17.0 Å². The molecule has 0 bridgehead atoms. The average Bonchev–Trinajstić information content (AvgIpc) is 2.42. The van der Waals surface area contributed by atoms with Crippen LogP contribution in [0.3, 0.4) is 0 Å². The molecular formula is C15H22N2OS. The Morgan fingerprint density at radius 3 is 2.53 bits per heavy atom. The predicted molar refractivity (Wildman–Crippen MR) is 83.8 cm³/mol. The van der Waals surface area contributed by atoms with Crippen molar-refractivity contribution in [3.63, 3.8) is 0 Å². The topological polar surface area (TPSA) is 33.3 Å². The third kappa shape index (κ3) is 4.10. The summed E-state index contributed by atoms with van der Waals surface area (Å²) in [6, 6.07) is 8.29. The molecule has 0 heterocycles. The zero-order valence-corrected chi connectivity index (χ0v) is 12.4. The summed E-state index contributed by atoms with van der Waals surface area (Å²) in [7, 11) is 1.67. The highest BCUT2D eigenvalue weighted by molar-refractivity contribution is 7.80. The number of anilines is 1. The second-order valence-corrected chi connectivity index (χ2v) is 5.60. The van der Waals surface area contributed by atoms with Crippen LogP contribution >= 0.6 is 12.2 Å². The predicted octanol–water partition coefficient (Wildman–Crippen LogP) is 3.56. The lowest BCUT2D eigenvalue weighted by molar-refractivity contribution is 0.309. The highest BCUT2D eigenvalue weighted by Crippen LogP contribution is 2.23. The number of ether oxygens (including phenoxy) is 1. The maximum absolute atomic E-state index is 5.38. The molecule has 0 amide bonds. The van der Waals surface area contributed by atoms with Crippen LogP contribution in [-0.2, 0) is 0 Å². The van der Waals surface area contributed by atoms with Crippen LogP contribution in [0.2, 0.25) is 0 Å². The molecule has 4 heteroatoms. The molecule has 0 unspecified atom stereocenters. The van der Waals surface area contributed by atoms with Gasteiger partial charge >= 0.3 is 0 Å². The molecule has 1 aromatic carbocycles. The van der Waals surface area contributed by atoms with Crippen molar-refractivity contribution in [3.05, 3.63) is 24.3 Å². The lowest BCUT2D eigenvalue weighted by Crippen LogP contribution is -2.43. The molecule has 2 atom stereocenters. The van der Waals surface area contributed by atoms with Gasteiger partial charge in [-0.25, -0.2) is 0 Å². The fourth-order valence-electron chi connectivity index (χ4n) is 2.54. The Bertz CT molecular complexity index is 419. The first-order valence-electron chi connectivity index (χ1n) is 6.90. The third-order valence-corrected chi connectivity index (χ3v) is 4.00. The third-order valence-electron chi connectivity index (χ3n) is 3.78. The minimum atomic E-state index is 0.506. The van der Waals surface area contributed by atoms with Crippen molar-refractivity contribution in [2.75, 3.05) is 12.4 Å². The molecule has 1 aliphatic carbocycles. The van der Waals surface area contributed by atoms with Crippen molar-refractivity contribution < 1.29 is 4.74 Å². The van der Waals surface area contributed by atoms with Crippen LogP contribution in [0.5, 0.6) is 5.75 Å². The van der Waals surface area contributed by atoms with Gasteiger partial charge < -0.3 is 15.4 Å². The van der Waals surface area contributed by atoms with Crippen molar-refractivity contribution in [1.29, 1.82) is 0 Å². The number of hydrogen-bond donors (Lipinski definition) is 2. The molecule has 0 aliphatic heterocycles. The zero-order valence-electron chi connectivity index (χ0n) is 11.6. The van der Waals surface area contributed by atoms with Gasteiger partial charge in [-0.05, 0) is 55.2 Å². The summed E-state index contributed by atoms with van der Waals surface area (Å²) in [6.45, 7) is 2.30. The van der Waals surface area contributed by atoms with Crippen molar-refractivity contribution in [2.45, 2.75) is 38.6 Å². The van der Waals surface area contributed by atoms with Crippen molar-refractivity contribution in [2.24, 2.45) is 5.92 Å². The maximum Gasteiger partial charge on any atom is 0.171 e. The minimum absolute atomic E-state index is 0.506. The van der Waals surface area contributed by atoms with Gasteiger partial charge in [0.25, 0.3) is 0 Å². The van der Waals surface area contributed by atoms with E-state index in [0.717, 1.165) is 11.4 Å². The van der Waals surface area contributed by atoms with Gasteiger partial charge in [0.2, 0.25) is 0 Å². The number of methoxy groups -OCH3 is 1. The molecule has 0 radical (unpaired) electrons. The summed E-state index contributed by atoms with van der Waals surface area (Å²) in [5.41, 5.74) is 0.988. The number of hydrogen-bond acceptors (Lipinski definition) is 2. The molecule has 0 saturated heterocycles. The standard InChI is InChI=1S/C15H22N2OS/c1-11-5-3-4-6-14(11)17-15(19)16-12-7-9-13(18-2)10-8-12/h7-11,14H,3-6H2,1-2H3,(H2,16,17,19)/t11-,14+/m0/s1. The summed E-state index contributed by atoms with van der Waals surface area (Å²) in [5.74, 6) is 1.55. The van der Waals surface area contributed by atoms with Gasteiger partial charge in [-0.15, -0.1) is 0 Å². The van der Waals surface area contributed by atoms with E-state index < -0.39 is 0 Å². The largest absolute Gasteiger partial charge is 0.497 e. The number of nitrogens with one attached hydrogen (secondary N) is 2. The maximum atomic E-state index is 5.38. The van der Waals surface area contributed by atoms with E-state index in [1.54, 1.807) is 7.11 Å². The van der Waals surface area contributed by atoms with Gasteiger partial charge in [0, 0.05) is 11.7 Å². The fourth-order valence-corrected chi connectivity index (χ4v) is 2.81. The van der Waals surface area contributed by atoms with E-state index in [0.29, 0.717) is 17.1 Å². The van der Waals surface area contributed by atoms with E-state index >= 15 is 0 Å². The Hall–Kier alpha value is -1.29.